The smallest absolute Gasteiger partial charge is 0.0125 e. The average molecular weight is 181 g/mol. The molecular formula is C12H23N. The summed E-state index contributed by atoms with van der Waals surface area (Å²) in [7, 11) is 0. The molecule has 1 aliphatic carbocycles. The molecule has 1 heteroatoms. The first-order valence-electron chi connectivity index (χ1n) is 5.66. The number of hydrogen-bond acceptors (Lipinski definition) is 1. The van der Waals surface area contributed by atoms with Gasteiger partial charge in [0.25, 0.3) is 0 Å². The van der Waals surface area contributed by atoms with Crippen LogP contribution < -0.4 is 0 Å². The molecule has 0 radical (unpaired) electrons. The third-order valence-corrected chi connectivity index (χ3v) is 3.75. The molecule has 0 bridgehead atoms. The van der Waals surface area contributed by atoms with E-state index >= 15 is 0 Å². The molecule has 2 fully saturated rings. The van der Waals surface area contributed by atoms with Gasteiger partial charge in [0.15, 0.2) is 0 Å². The van der Waals surface area contributed by atoms with E-state index in [9.17, 15) is 0 Å². The molecule has 0 amide bonds. The van der Waals surface area contributed by atoms with Gasteiger partial charge in [-0.05, 0) is 51.4 Å². The molecule has 0 aromatic carbocycles. The molecule has 1 atom stereocenters. The fourth-order valence-electron chi connectivity index (χ4n) is 2.76. The van der Waals surface area contributed by atoms with Crippen molar-refractivity contribution in [2.45, 2.75) is 52.5 Å². The van der Waals surface area contributed by atoms with Gasteiger partial charge in [-0.15, -0.1) is 0 Å². The van der Waals surface area contributed by atoms with Crippen LogP contribution in [0.1, 0.15) is 47.0 Å². The van der Waals surface area contributed by atoms with Crippen molar-refractivity contribution < 1.29 is 0 Å². The second kappa shape index (κ2) is 2.73. The van der Waals surface area contributed by atoms with Crippen LogP contribution in [-0.2, 0) is 0 Å². The molecule has 2 rings (SSSR count). The third-order valence-electron chi connectivity index (χ3n) is 3.75. The molecule has 2 aliphatic rings. The first kappa shape index (κ1) is 9.51. The van der Waals surface area contributed by atoms with Crippen LogP contribution >= 0.6 is 0 Å². The van der Waals surface area contributed by atoms with Crippen LogP contribution in [0, 0.1) is 11.3 Å². The van der Waals surface area contributed by atoms with E-state index < -0.39 is 0 Å². The van der Waals surface area contributed by atoms with Crippen LogP contribution in [0.2, 0.25) is 0 Å². The van der Waals surface area contributed by atoms with Gasteiger partial charge in [-0.2, -0.15) is 0 Å². The summed E-state index contributed by atoms with van der Waals surface area (Å²) in [5.74, 6) is 0.912. The summed E-state index contributed by atoms with van der Waals surface area (Å²) in [6.07, 6.45) is 4.47. The molecule has 0 aromatic rings. The van der Waals surface area contributed by atoms with Gasteiger partial charge < -0.3 is 0 Å². The van der Waals surface area contributed by atoms with Crippen LogP contribution in [-0.4, -0.2) is 23.5 Å². The van der Waals surface area contributed by atoms with E-state index in [1.165, 1.54) is 32.4 Å². The van der Waals surface area contributed by atoms with Gasteiger partial charge in [0, 0.05) is 18.6 Å². The summed E-state index contributed by atoms with van der Waals surface area (Å²) in [6.45, 7) is 12.1. The molecule has 0 N–H and O–H groups in total. The Bertz CT molecular complexity index is 198. The fraction of sp³-hybridized carbons (Fsp3) is 1.00. The van der Waals surface area contributed by atoms with E-state index in [1.807, 2.05) is 0 Å². The van der Waals surface area contributed by atoms with Gasteiger partial charge in [0.05, 0.1) is 0 Å². The zero-order valence-electron chi connectivity index (χ0n) is 9.56. The quantitative estimate of drug-likeness (QED) is 0.555. The number of nitrogens with zero attached hydrogens (tertiary/aromatic N) is 1. The lowest BCUT2D eigenvalue weighted by Gasteiger charge is -2.44. The standard InChI is InChI=1S/C12H23N/c1-10-7-12(5-6-12)9-13(8-10)11(2,3)4/h10H,5-9H2,1-4H3. The maximum Gasteiger partial charge on any atom is 0.0125 e. The van der Waals surface area contributed by atoms with Crippen molar-refractivity contribution in [1.29, 1.82) is 0 Å². The third kappa shape index (κ3) is 1.90. The van der Waals surface area contributed by atoms with Crippen molar-refractivity contribution >= 4 is 0 Å². The first-order chi connectivity index (χ1) is 5.91. The molecule has 0 aromatic heterocycles. The summed E-state index contributed by atoms with van der Waals surface area (Å²) in [6, 6.07) is 0. The SMILES string of the molecule is CC1CN(C(C)(C)C)CC2(CC2)C1. The Hall–Kier alpha value is -0.0400. The molecule has 1 aliphatic heterocycles. The Morgan fingerprint density at radius 2 is 1.85 bits per heavy atom. The highest BCUT2D eigenvalue weighted by Gasteiger charge is 2.48. The Labute approximate surface area is 82.5 Å². The molecule has 13 heavy (non-hydrogen) atoms. The molecule has 1 heterocycles. The molecule has 1 saturated heterocycles. The van der Waals surface area contributed by atoms with Crippen LogP contribution in [0.5, 0.6) is 0 Å². The second-order valence-corrected chi connectivity index (χ2v) is 6.36. The van der Waals surface area contributed by atoms with E-state index in [2.05, 4.69) is 32.6 Å². The van der Waals surface area contributed by atoms with Gasteiger partial charge in [0.2, 0.25) is 0 Å². The molecule has 1 spiro atoms. The largest absolute Gasteiger partial charge is 0.298 e. The molecule has 1 nitrogen and oxygen atoms in total. The van der Waals surface area contributed by atoms with Gasteiger partial charge >= 0.3 is 0 Å². The van der Waals surface area contributed by atoms with Gasteiger partial charge in [-0.1, -0.05) is 6.92 Å². The highest BCUT2D eigenvalue weighted by atomic mass is 15.2. The maximum atomic E-state index is 2.69. The lowest BCUT2D eigenvalue weighted by atomic mass is 9.85. The fourth-order valence-corrected chi connectivity index (χ4v) is 2.76. The minimum Gasteiger partial charge on any atom is -0.298 e. The van der Waals surface area contributed by atoms with Gasteiger partial charge in [-0.3, -0.25) is 4.90 Å². The lowest BCUT2D eigenvalue weighted by molar-refractivity contribution is 0.0424. The van der Waals surface area contributed by atoms with Crippen molar-refractivity contribution in [1.82, 2.24) is 4.90 Å². The highest BCUT2D eigenvalue weighted by Crippen LogP contribution is 2.54. The van der Waals surface area contributed by atoms with Crippen molar-refractivity contribution in [2.75, 3.05) is 13.1 Å². The van der Waals surface area contributed by atoms with Gasteiger partial charge in [-0.25, -0.2) is 0 Å². The Morgan fingerprint density at radius 1 is 1.23 bits per heavy atom. The van der Waals surface area contributed by atoms with Crippen LogP contribution in [0.4, 0.5) is 0 Å². The predicted molar refractivity (Wildman–Crippen MR) is 56.8 cm³/mol. The molecule has 1 unspecified atom stereocenters. The number of piperidine rings is 1. The zero-order valence-corrected chi connectivity index (χ0v) is 9.56. The van der Waals surface area contributed by atoms with Crippen molar-refractivity contribution in [3.8, 4) is 0 Å². The van der Waals surface area contributed by atoms with Crippen LogP contribution in [0.3, 0.4) is 0 Å². The highest BCUT2D eigenvalue weighted by molar-refractivity contribution is 5.01. The summed E-state index contributed by atoms with van der Waals surface area (Å²) >= 11 is 0. The number of likely N-dealkylation sites (tertiary alicyclic amines) is 1. The Balaban J connectivity index is 2.05. The van der Waals surface area contributed by atoms with Crippen molar-refractivity contribution in [2.24, 2.45) is 11.3 Å². The predicted octanol–water partition coefficient (Wildman–Crippen LogP) is 2.91. The zero-order chi connectivity index (χ0) is 9.69. The Morgan fingerprint density at radius 3 is 2.31 bits per heavy atom. The second-order valence-electron chi connectivity index (χ2n) is 6.36. The number of hydrogen-bond donors (Lipinski definition) is 0. The summed E-state index contributed by atoms with van der Waals surface area (Å²) < 4.78 is 0. The van der Waals surface area contributed by atoms with E-state index in [0.29, 0.717) is 5.54 Å². The summed E-state index contributed by atoms with van der Waals surface area (Å²) in [5.41, 5.74) is 1.13. The summed E-state index contributed by atoms with van der Waals surface area (Å²) in [4.78, 5) is 2.69. The first-order valence-corrected chi connectivity index (χ1v) is 5.66. The molecular weight excluding hydrogens is 158 g/mol. The van der Waals surface area contributed by atoms with Crippen molar-refractivity contribution in [3.05, 3.63) is 0 Å². The van der Waals surface area contributed by atoms with Crippen molar-refractivity contribution in [3.63, 3.8) is 0 Å². The minimum absolute atomic E-state index is 0.379. The monoisotopic (exact) mass is 181 g/mol. The maximum absolute atomic E-state index is 2.69. The van der Waals surface area contributed by atoms with E-state index in [4.69, 9.17) is 0 Å². The molecule has 1 saturated carbocycles. The minimum atomic E-state index is 0.379. The van der Waals surface area contributed by atoms with E-state index in [0.717, 1.165) is 11.3 Å². The lowest BCUT2D eigenvalue weighted by Crippen LogP contribution is -2.50. The van der Waals surface area contributed by atoms with E-state index in [1.54, 1.807) is 0 Å². The van der Waals surface area contributed by atoms with E-state index in [-0.39, 0.29) is 0 Å². The number of rotatable bonds is 0. The van der Waals surface area contributed by atoms with Crippen LogP contribution in [0.25, 0.3) is 0 Å². The average Bonchev–Trinajstić information content (AvgIpc) is 2.65. The Kier molecular flexibility index (Phi) is 1.99. The molecule has 76 valence electrons. The van der Waals surface area contributed by atoms with Gasteiger partial charge in [0.1, 0.15) is 0 Å². The topological polar surface area (TPSA) is 3.24 Å². The van der Waals surface area contributed by atoms with Crippen LogP contribution in [0.15, 0.2) is 0 Å². The summed E-state index contributed by atoms with van der Waals surface area (Å²) in [5, 5.41) is 0. The normalized spacial score (nSPS) is 33.7.